The van der Waals surface area contributed by atoms with Crippen molar-refractivity contribution in [2.45, 2.75) is 65.1 Å². The molecule has 5 rings (SSSR count). The van der Waals surface area contributed by atoms with Gasteiger partial charge in [-0.15, -0.1) is 11.6 Å². The number of aromatic nitrogens is 2. The highest BCUT2D eigenvalue weighted by Gasteiger charge is 2.46. The first-order chi connectivity index (χ1) is 21.8. The lowest BCUT2D eigenvalue weighted by Gasteiger charge is -2.53. The van der Waals surface area contributed by atoms with E-state index in [1.807, 2.05) is 68.1 Å². The molecule has 1 spiro atoms. The van der Waals surface area contributed by atoms with Crippen molar-refractivity contribution in [2.75, 3.05) is 43.6 Å². The SMILES string of the molecule is CC(C)(C)OC(=O)N1CCC2(CC1)CN(c1nccc(COc3ccc(C(C)(C)c4cc(Cl)c(OCCCl)c(C#N)c4)cc3)n1)C2. The fourth-order valence-electron chi connectivity index (χ4n) is 5.94. The Kier molecular flexibility index (Phi) is 9.90. The number of amides is 1. The van der Waals surface area contributed by atoms with Crippen molar-refractivity contribution in [3.05, 3.63) is 76.1 Å². The number of benzene rings is 2. The highest BCUT2D eigenvalue weighted by atomic mass is 35.5. The highest BCUT2D eigenvalue weighted by Crippen LogP contribution is 2.42. The molecule has 11 heteroatoms. The Bertz CT molecular complexity index is 1580. The molecule has 0 unspecified atom stereocenters. The van der Waals surface area contributed by atoms with Crippen LogP contribution in [0.2, 0.25) is 5.02 Å². The zero-order valence-corrected chi connectivity index (χ0v) is 28.6. The molecule has 9 nitrogen and oxygen atoms in total. The molecule has 0 saturated carbocycles. The van der Waals surface area contributed by atoms with Crippen LogP contribution in [-0.4, -0.2) is 65.2 Å². The molecule has 0 atom stereocenters. The normalized spacial score (nSPS) is 16.0. The van der Waals surface area contributed by atoms with Gasteiger partial charge in [-0.25, -0.2) is 14.8 Å². The van der Waals surface area contributed by atoms with Gasteiger partial charge in [0.25, 0.3) is 0 Å². The van der Waals surface area contributed by atoms with Gasteiger partial charge in [0.05, 0.1) is 22.2 Å². The van der Waals surface area contributed by atoms with Gasteiger partial charge in [0, 0.05) is 43.2 Å². The summed E-state index contributed by atoms with van der Waals surface area (Å²) in [6.07, 6.45) is 3.43. The number of ether oxygens (including phenoxy) is 3. The van der Waals surface area contributed by atoms with E-state index in [9.17, 15) is 10.1 Å². The molecule has 244 valence electrons. The summed E-state index contributed by atoms with van der Waals surface area (Å²) >= 11 is 12.3. The first-order valence-electron chi connectivity index (χ1n) is 15.5. The molecule has 46 heavy (non-hydrogen) atoms. The Hall–Kier alpha value is -3.74. The van der Waals surface area contributed by atoms with Crippen molar-refractivity contribution in [1.29, 1.82) is 5.26 Å². The Morgan fingerprint density at radius 1 is 1.02 bits per heavy atom. The molecule has 2 fully saturated rings. The van der Waals surface area contributed by atoms with Gasteiger partial charge in [-0.05, 0) is 75.1 Å². The minimum Gasteiger partial charge on any atom is -0.489 e. The van der Waals surface area contributed by atoms with Crippen LogP contribution in [-0.2, 0) is 16.8 Å². The predicted molar refractivity (Wildman–Crippen MR) is 179 cm³/mol. The van der Waals surface area contributed by atoms with Crippen LogP contribution in [0.4, 0.5) is 10.7 Å². The number of carbonyl (C=O) groups excluding carboxylic acids is 1. The molecule has 0 radical (unpaired) electrons. The number of anilines is 1. The minimum atomic E-state index is -0.487. The zero-order valence-electron chi connectivity index (χ0n) is 27.1. The van der Waals surface area contributed by atoms with E-state index < -0.39 is 11.0 Å². The average Bonchev–Trinajstić information content (AvgIpc) is 3.01. The number of rotatable bonds is 9. The van der Waals surface area contributed by atoms with Gasteiger partial charge in [-0.3, -0.25) is 0 Å². The molecule has 3 aromatic rings. The first-order valence-corrected chi connectivity index (χ1v) is 16.4. The molecular formula is C35H41Cl2N5O4. The standard InChI is InChI=1S/C35H41Cl2N5O4/c1-33(2,3)46-32(43)41-15-11-35(12-16-41)22-42(23-35)31-39-14-10-27(40-31)21-45-28-8-6-25(7-9-28)34(4,5)26-18-24(20-38)30(29(37)19-26)44-17-13-36/h6-10,14,18-19H,11-13,15-17,21-23H2,1-5H3. The lowest BCUT2D eigenvalue weighted by atomic mass is 9.72. The van der Waals surface area contributed by atoms with E-state index in [-0.39, 0.29) is 18.1 Å². The molecule has 0 aliphatic carbocycles. The Labute approximate surface area is 281 Å². The van der Waals surface area contributed by atoms with Crippen molar-refractivity contribution in [3.8, 4) is 17.6 Å². The van der Waals surface area contributed by atoms with E-state index in [1.165, 1.54) is 0 Å². The van der Waals surface area contributed by atoms with Gasteiger partial charge in [0.1, 0.15) is 30.6 Å². The maximum atomic E-state index is 12.4. The zero-order chi connectivity index (χ0) is 33.1. The van der Waals surface area contributed by atoms with Crippen molar-refractivity contribution in [2.24, 2.45) is 5.41 Å². The fourth-order valence-corrected chi connectivity index (χ4v) is 6.30. The van der Waals surface area contributed by atoms with Gasteiger partial charge in [-0.1, -0.05) is 37.6 Å². The second kappa shape index (κ2) is 13.5. The summed E-state index contributed by atoms with van der Waals surface area (Å²) in [4.78, 5) is 25.7. The third-order valence-corrected chi connectivity index (χ3v) is 9.12. The van der Waals surface area contributed by atoms with E-state index in [0.717, 1.165) is 48.5 Å². The molecule has 0 N–H and O–H groups in total. The van der Waals surface area contributed by atoms with Gasteiger partial charge in [0.15, 0.2) is 5.75 Å². The van der Waals surface area contributed by atoms with Crippen molar-refractivity contribution >= 4 is 35.2 Å². The Morgan fingerprint density at radius 2 is 1.72 bits per heavy atom. The van der Waals surface area contributed by atoms with E-state index in [4.69, 9.17) is 42.4 Å². The number of piperidine rings is 1. The van der Waals surface area contributed by atoms with Crippen LogP contribution in [0.25, 0.3) is 0 Å². The number of halogens is 2. The van der Waals surface area contributed by atoms with Crippen molar-refractivity contribution in [3.63, 3.8) is 0 Å². The Morgan fingerprint density at radius 3 is 2.35 bits per heavy atom. The van der Waals surface area contributed by atoms with Crippen LogP contribution in [0.1, 0.15) is 69.8 Å². The number of carbonyl (C=O) groups is 1. The molecule has 2 aliphatic rings. The van der Waals surface area contributed by atoms with Gasteiger partial charge < -0.3 is 24.0 Å². The van der Waals surface area contributed by atoms with Gasteiger partial charge >= 0.3 is 6.09 Å². The van der Waals surface area contributed by atoms with Gasteiger partial charge in [0.2, 0.25) is 5.95 Å². The second-order valence-electron chi connectivity index (χ2n) is 13.6. The molecule has 2 saturated heterocycles. The quantitative estimate of drug-likeness (QED) is 0.219. The number of alkyl halides is 1. The molecule has 2 aliphatic heterocycles. The topological polar surface area (TPSA) is 101 Å². The summed E-state index contributed by atoms with van der Waals surface area (Å²) in [6, 6.07) is 15.6. The Balaban J connectivity index is 1.16. The molecule has 1 aromatic heterocycles. The monoisotopic (exact) mass is 665 g/mol. The molecular weight excluding hydrogens is 625 g/mol. The second-order valence-corrected chi connectivity index (χ2v) is 14.4. The van der Waals surface area contributed by atoms with E-state index in [0.29, 0.717) is 47.9 Å². The van der Waals surface area contributed by atoms with Crippen LogP contribution in [0.5, 0.6) is 11.5 Å². The maximum Gasteiger partial charge on any atom is 0.410 e. The summed E-state index contributed by atoms with van der Waals surface area (Å²) in [5.41, 5.74) is 2.39. The maximum absolute atomic E-state index is 12.4. The molecule has 1 amide bonds. The summed E-state index contributed by atoms with van der Waals surface area (Å²) < 4.78 is 17.2. The average molecular weight is 667 g/mol. The van der Waals surface area contributed by atoms with Crippen LogP contribution < -0.4 is 14.4 Å². The lowest BCUT2D eigenvalue weighted by molar-refractivity contribution is 0.00579. The van der Waals surface area contributed by atoms with Crippen LogP contribution >= 0.6 is 23.2 Å². The largest absolute Gasteiger partial charge is 0.489 e. The summed E-state index contributed by atoms with van der Waals surface area (Å²) in [5, 5.41) is 10.1. The first kappa shape index (κ1) is 33.6. The number of nitriles is 1. The van der Waals surface area contributed by atoms with Crippen LogP contribution in [0.15, 0.2) is 48.7 Å². The van der Waals surface area contributed by atoms with Crippen molar-refractivity contribution in [1.82, 2.24) is 14.9 Å². The van der Waals surface area contributed by atoms with Crippen molar-refractivity contribution < 1.29 is 19.0 Å². The van der Waals surface area contributed by atoms with E-state index in [2.05, 4.69) is 29.8 Å². The van der Waals surface area contributed by atoms with Gasteiger partial charge in [-0.2, -0.15) is 5.26 Å². The summed E-state index contributed by atoms with van der Waals surface area (Å²) in [6.45, 7) is 13.6. The predicted octanol–water partition coefficient (Wildman–Crippen LogP) is 7.36. The van der Waals surface area contributed by atoms with E-state index >= 15 is 0 Å². The van der Waals surface area contributed by atoms with E-state index in [1.54, 1.807) is 6.20 Å². The summed E-state index contributed by atoms with van der Waals surface area (Å²) in [7, 11) is 0. The number of likely N-dealkylation sites (tertiary alicyclic amines) is 1. The highest BCUT2D eigenvalue weighted by molar-refractivity contribution is 6.32. The minimum absolute atomic E-state index is 0.186. The number of hydrogen-bond donors (Lipinski definition) is 0. The van der Waals surface area contributed by atoms with Crippen LogP contribution in [0, 0.1) is 16.7 Å². The molecule has 2 aromatic carbocycles. The van der Waals surface area contributed by atoms with Crippen LogP contribution in [0.3, 0.4) is 0 Å². The molecule has 0 bridgehead atoms. The lowest BCUT2D eigenvalue weighted by Crippen LogP contribution is -2.61. The number of nitrogens with zero attached hydrogens (tertiary/aromatic N) is 5. The smallest absolute Gasteiger partial charge is 0.410 e. The third-order valence-electron chi connectivity index (χ3n) is 8.68. The summed E-state index contributed by atoms with van der Waals surface area (Å²) in [5.74, 6) is 2.09. The number of hydrogen-bond acceptors (Lipinski definition) is 8. The molecule has 3 heterocycles. The fraction of sp³-hybridized carbons (Fsp3) is 0.486. The third kappa shape index (κ3) is 7.62.